The highest BCUT2D eigenvalue weighted by molar-refractivity contribution is 14.0. The third-order valence-corrected chi connectivity index (χ3v) is 4.52. The molecule has 0 atom stereocenters. The Bertz CT molecular complexity index is 586. The minimum absolute atomic E-state index is 0. The molecule has 1 amide bonds. The van der Waals surface area contributed by atoms with E-state index in [0.717, 1.165) is 18.5 Å². The van der Waals surface area contributed by atoms with Gasteiger partial charge in [-0.05, 0) is 30.4 Å². The summed E-state index contributed by atoms with van der Waals surface area (Å²) in [5, 5.41) is 0. The number of benzene rings is 1. The van der Waals surface area contributed by atoms with Crippen LogP contribution in [0.4, 0.5) is 0 Å². The van der Waals surface area contributed by atoms with Crippen LogP contribution in [0.3, 0.4) is 0 Å². The van der Waals surface area contributed by atoms with Gasteiger partial charge in [-0.25, -0.2) is 4.99 Å². The van der Waals surface area contributed by atoms with Gasteiger partial charge >= 0.3 is 0 Å². The first-order valence-electron chi connectivity index (χ1n) is 8.02. The molecule has 23 heavy (non-hydrogen) atoms. The second-order valence-electron chi connectivity index (χ2n) is 6.20. The fourth-order valence-corrected chi connectivity index (χ4v) is 2.87. The SMILES string of the molecule is CN(C(N)=NCc1ccccc1CN1CCCC1=O)C1CC1.I. The summed E-state index contributed by atoms with van der Waals surface area (Å²) >= 11 is 0. The molecule has 0 unspecified atom stereocenters. The zero-order valence-corrected chi connectivity index (χ0v) is 15.9. The molecule has 0 spiro atoms. The van der Waals surface area contributed by atoms with Crippen LogP contribution < -0.4 is 5.73 Å². The summed E-state index contributed by atoms with van der Waals surface area (Å²) < 4.78 is 0. The van der Waals surface area contributed by atoms with Crippen molar-refractivity contribution in [3.63, 3.8) is 0 Å². The highest BCUT2D eigenvalue weighted by Crippen LogP contribution is 2.25. The molecule has 1 aromatic rings. The van der Waals surface area contributed by atoms with Gasteiger partial charge in [0.2, 0.25) is 5.91 Å². The molecule has 1 aliphatic carbocycles. The fourth-order valence-electron chi connectivity index (χ4n) is 2.87. The fraction of sp³-hybridized carbons (Fsp3) is 0.529. The van der Waals surface area contributed by atoms with E-state index >= 15 is 0 Å². The Balaban J connectivity index is 0.00000192. The molecule has 0 aromatic heterocycles. The van der Waals surface area contributed by atoms with E-state index in [0.29, 0.717) is 31.5 Å². The number of halogens is 1. The van der Waals surface area contributed by atoms with Crippen LogP contribution in [0.15, 0.2) is 29.3 Å². The van der Waals surface area contributed by atoms with Gasteiger partial charge < -0.3 is 15.5 Å². The van der Waals surface area contributed by atoms with E-state index in [1.165, 1.54) is 18.4 Å². The second-order valence-corrected chi connectivity index (χ2v) is 6.20. The van der Waals surface area contributed by atoms with E-state index in [1.54, 1.807) is 0 Å². The third-order valence-electron chi connectivity index (χ3n) is 4.52. The number of guanidine groups is 1. The maximum absolute atomic E-state index is 11.8. The molecule has 1 saturated carbocycles. The number of nitrogens with two attached hydrogens (primary N) is 1. The molecular formula is C17H25IN4O. The Kier molecular flexibility index (Phi) is 6.26. The highest BCUT2D eigenvalue weighted by atomic mass is 127. The molecule has 2 aliphatic rings. The predicted molar refractivity (Wildman–Crippen MR) is 103 cm³/mol. The molecule has 2 N–H and O–H groups in total. The van der Waals surface area contributed by atoms with E-state index in [9.17, 15) is 4.79 Å². The van der Waals surface area contributed by atoms with Crippen molar-refractivity contribution in [2.75, 3.05) is 13.6 Å². The molecule has 1 aliphatic heterocycles. The predicted octanol–water partition coefficient (Wildman–Crippen LogP) is 2.34. The van der Waals surface area contributed by atoms with Crippen molar-refractivity contribution in [2.24, 2.45) is 10.7 Å². The lowest BCUT2D eigenvalue weighted by atomic mass is 10.1. The van der Waals surface area contributed by atoms with Crippen molar-refractivity contribution in [3.05, 3.63) is 35.4 Å². The number of hydrogen-bond donors (Lipinski definition) is 1. The number of hydrogen-bond acceptors (Lipinski definition) is 2. The summed E-state index contributed by atoms with van der Waals surface area (Å²) in [6.45, 7) is 2.12. The van der Waals surface area contributed by atoms with Crippen molar-refractivity contribution >= 4 is 35.8 Å². The minimum Gasteiger partial charge on any atom is -0.370 e. The van der Waals surface area contributed by atoms with E-state index in [1.807, 2.05) is 24.1 Å². The van der Waals surface area contributed by atoms with Crippen LogP contribution in [0.2, 0.25) is 0 Å². The molecule has 5 nitrogen and oxygen atoms in total. The Labute approximate surface area is 154 Å². The summed E-state index contributed by atoms with van der Waals surface area (Å²) in [5.41, 5.74) is 8.37. The molecule has 0 radical (unpaired) electrons. The molecular weight excluding hydrogens is 403 g/mol. The molecule has 2 fully saturated rings. The lowest BCUT2D eigenvalue weighted by molar-refractivity contribution is -0.128. The Morgan fingerprint density at radius 3 is 2.65 bits per heavy atom. The largest absolute Gasteiger partial charge is 0.370 e. The Morgan fingerprint density at radius 2 is 2.04 bits per heavy atom. The smallest absolute Gasteiger partial charge is 0.222 e. The van der Waals surface area contributed by atoms with Gasteiger partial charge in [-0.2, -0.15) is 0 Å². The lowest BCUT2D eigenvalue weighted by Gasteiger charge is -2.19. The van der Waals surface area contributed by atoms with Crippen molar-refractivity contribution in [3.8, 4) is 0 Å². The second kappa shape index (κ2) is 7.99. The van der Waals surface area contributed by atoms with Crippen LogP contribution >= 0.6 is 24.0 Å². The van der Waals surface area contributed by atoms with Gasteiger partial charge in [0, 0.05) is 32.6 Å². The number of carbonyl (C=O) groups excluding carboxylic acids is 1. The van der Waals surface area contributed by atoms with E-state index in [-0.39, 0.29) is 29.9 Å². The first-order chi connectivity index (χ1) is 10.6. The van der Waals surface area contributed by atoms with E-state index < -0.39 is 0 Å². The zero-order valence-electron chi connectivity index (χ0n) is 13.6. The molecule has 1 aromatic carbocycles. The van der Waals surface area contributed by atoms with Crippen LogP contribution in [0.5, 0.6) is 0 Å². The van der Waals surface area contributed by atoms with E-state index in [2.05, 4.69) is 22.0 Å². The lowest BCUT2D eigenvalue weighted by Crippen LogP contribution is -2.35. The highest BCUT2D eigenvalue weighted by Gasteiger charge is 2.27. The number of aliphatic imine (C=N–C) groups is 1. The summed E-state index contributed by atoms with van der Waals surface area (Å²) in [6.07, 6.45) is 4.07. The van der Waals surface area contributed by atoms with Crippen LogP contribution in [-0.2, 0) is 17.9 Å². The zero-order chi connectivity index (χ0) is 15.5. The first kappa shape index (κ1) is 18.0. The van der Waals surface area contributed by atoms with E-state index in [4.69, 9.17) is 5.73 Å². The van der Waals surface area contributed by atoms with Gasteiger partial charge in [0.15, 0.2) is 5.96 Å². The summed E-state index contributed by atoms with van der Waals surface area (Å²) in [7, 11) is 2.01. The number of nitrogens with zero attached hydrogens (tertiary/aromatic N) is 3. The number of amides is 1. The Hall–Kier alpha value is -1.31. The maximum atomic E-state index is 11.8. The van der Waals surface area contributed by atoms with Gasteiger partial charge in [0.25, 0.3) is 0 Å². The Morgan fingerprint density at radius 1 is 1.35 bits per heavy atom. The molecule has 1 saturated heterocycles. The normalized spacial score (nSPS) is 18.0. The monoisotopic (exact) mass is 428 g/mol. The van der Waals surface area contributed by atoms with Crippen molar-refractivity contribution in [1.82, 2.24) is 9.80 Å². The summed E-state index contributed by atoms with van der Waals surface area (Å²) in [6, 6.07) is 8.76. The standard InChI is InChI=1S/C17H24N4O.HI/c1-20(15-8-9-15)17(18)19-11-13-5-2-3-6-14(13)12-21-10-4-7-16(21)22;/h2-3,5-6,15H,4,7-12H2,1H3,(H2,18,19);1H. The number of carbonyl (C=O) groups is 1. The van der Waals surface area contributed by atoms with Gasteiger partial charge in [0.1, 0.15) is 0 Å². The maximum Gasteiger partial charge on any atom is 0.222 e. The van der Waals surface area contributed by atoms with Gasteiger partial charge in [-0.3, -0.25) is 4.79 Å². The van der Waals surface area contributed by atoms with Crippen molar-refractivity contribution in [1.29, 1.82) is 0 Å². The van der Waals surface area contributed by atoms with Gasteiger partial charge in [-0.1, -0.05) is 24.3 Å². The summed E-state index contributed by atoms with van der Waals surface area (Å²) in [5.74, 6) is 0.862. The molecule has 126 valence electrons. The van der Waals surface area contributed by atoms with Crippen LogP contribution in [-0.4, -0.2) is 41.3 Å². The number of rotatable bonds is 5. The average Bonchev–Trinajstić information content (AvgIpc) is 3.30. The molecule has 1 heterocycles. The number of likely N-dealkylation sites (tertiary alicyclic amines) is 1. The van der Waals surface area contributed by atoms with Gasteiger partial charge in [-0.15, -0.1) is 24.0 Å². The topological polar surface area (TPSA) is 61.9 Å². The average molecular weight is 428 g/mol. The van der Waals surface area contributed by atoms with Crippen LogP contribution in [0, 0.1) is 0 Å². The minimum atomic E-state index is 0. The first-order valence-corrected chi connectivity index (χ1v) is 8.02. The van der Waals surface area contributed by atoms with Gasteiger partial charge in [0.05, 0.1) is 6.54 Å². The quantitative estimate of drug-likeness (QED) is 0.445. The van der Waals surface area contributed by atoms with Crippen molar-refractivity contribution in [2.45, 2.75) is 44.8 Å². The molecule has 3 rings (SSSR count). The van der Waals surface area contributed by atoms with Crippen LogP contribution in [0.25, 0.3) is 0 Å². The molecule has 0 bridgehead atoms. The van der Waals surface area contributed by atoms with Crippen LogP contribution in [0.1, 0.15) is 36.8 Å². The van der Waals surface area contributed by atoms with Crippen molar-refractivity contribution < 1.29 is 4.79 Å². The third kappa shape index (κ3) is 4.59. The summed E-state index contributed by atoms with van der Waals surface area (Å²) in [4.78, 5) is 20.3. The molecule has 6 heteroatoms.